The third kappa shape index (κ3) is 6.42. The number of anilines is 3. The van der Waals surface area contributed by atoms with Gasteiger partial charge in [0, 0.05) is 29.6 Å². The van der Waals surface area contributed by atoms with Crippen LogP contribution >= 0.6 is 0 Å². The summed E-state index contributed by atoms with van der Waals surface area (Å²) in [4.78, 5) is 13.3. The van der Waals surface area contributed by atoms with Crippen LogP contribution in [0.1, 0.15) is 17.5 Å². The number of carbonyl (C=O) groups excluding carboxylic acids is 1. The fourth-order valence-corrected chi connectivity index (χ4v) is 3.86. The van der Waals surface area contributed by atoms with Gasteiger partial charge in [0.25, 0.3) is 0 Å². The molecule has 0 atom stereocenters. The Labute approximate surface area is 213 Å². The summed E-state index contributed by atoms with van der Waals surface area (Å²) < 4.78 is 10.7. The molecule has 0 spiro atoms. The number of hydrogen-bond acceptors (Lipinski definition) is 4. The Hall–Kier alpha value is -4.31. The molecule has 4 rings (SSSR count). The standard InChI is InChI=1S/C32H31NO3/c1-4-32(34)36-23-5-22-35-31-20-12-27(13-21-31)26-10-18-30(19-11-26)33(28-14-6-24(2)7-15-28)29-16-8-25(3)9-17-29/h4,6-21H,1,5,22-23H2,2-3H3. The fourth-order valence-electron chi connectivity index (χ4n) is 3.86. The van der Waals surface area contributed by atoms with Gasteiger partial charge in [-0.15, -0.1) is 0 Å². The van der Waals surface area contributed by atoms with E-state index < -0.39 is 5.97 Å². The lowest BCUT2D eigenvalue weighted by molar-refractivity contribution is -0.137. The minimum Gasteiger partial charge on any atom is -0.493 e. The van der Waals surface area contributed by atoms with Crippen molar-refractivity contribution in [3.63, 3.8) is 0 Å². The summed E-state index contributed by atoms with van der Waals surface area (Å²) in [6.45, 7) is 8.38. The van der Waals surface area contributed by atoms with Crippen molar-refractivity contribution in [3.05, 3.63) is 121 Å². The maximum Gasteiger partial charge on any atom is 0.330 e. The second-order valence-corrected chi connectivity index (χ2v) is 8.65. The zero-order valence-corrected chi connectivity index (χ0v) is 20.8. The van der Waals surface area contributed by atoms with Gasteiger partial charge in [0.1, 0.15) is 5.75 Å². The number of hydrogen-bond donors (Lipinski definition) is 0. The molecule has 0 saturated carbocycles. The Morgan fingerprint density at radius 3 is 1.61 bits per heavy atom. The second kappa shape index (κ2) is 11.9. The normalized spacial score (nSPS) is 10.5. The average molecular weight is 478 g/mol. The van der Waals surface area contributed by atoms with Gasteiger partial charge in [-0.2, -0.15) is 0 Å². The first-order valence-electron chi connectivity index (χ1n) is 12.1. The number of rotatable bonds is 10. The van der Waals surface area contributed by atoms with Crippen molar-refractivity contribution in [2.45, 2.75) is 20.3 Å². The monoisotopic (exact) mass is 477 g/mol. The largest absolute Gasteiger partial charge is 0.493 e. The highest BCUT2D eigenvalue weighted by molar-refractivity contribution is 5.81. The summed E-state index contributed by atoms with van der Waals surface area (Å²) in [6.07, 6.45) is 1.79. The molecule has 0 N–H and O–H groups in total. The molecular weight excluding hydrogens is 446 g/mol. The van der Waals surface area contributed by atoms with Gasteiger partial charge >= 0.3 is 5.97 Å². The predicted octanol–water partition coefficient (Wildman–Crippen LogP) is 7.94. The van der Waals surface area contributed by atoms with E-state index in [2.05, 4.69) is 110 Å². The smallest absolute Gasteiger partial charge is 0.330 e. The van der Waals surface area contributed by atoms with Gasteiger partial charge in [0.05, 0.1) is 13.2 Å². The third-order valence-electron chi connectivity index (χ3n) is 5.87. The van der Waals surface area contributed by atoms with Crippen molar-refractivity contribution >= 4 is 23.0 Å². The van der Waals surface area contributed by atoms with Crippen molar-refractivity contribution in [3.8, 4) is 16.9 Å². The number of ether oxygens (including phenoxy) is 2. The molecule has 4 aromatic carbocycles. The van der Waals surface area contributed by atoms with Gasteiger partial charge in [-0.25, -0.2) is 4.79 Å². The minimum absolute atomic E-state index is 0.317. The molecular formula is C32H31NO3. The topological polar surface area (TPSA) is 38.8 Å². The van der Waals surface area contributed by atoms with E-state index in [4.69, 9.17) is 9.47 Å². The average Bonchev–Trinajstić information content (AvgIpc) is 2.91. The van der Waals surface area contributed by atoms with Crippen LogP contribution in [0.3, 0.4) is 0 Å². The molecule has 0 radical (unpaired) electrons. The van der Waals surface area contributed by atoms with Crippen LogP contribution in [0, 0.1) is 13.8 Å². The van der Waals surface area contributed by atoms with E-state index in [1.807, 2.05) is 12.1 Å². The van der Waals surface area contributed by atoms with E-state index in [1.165, 1.54) is 11.1 Å². The number of aryl methyl sites for hydroxylation is 2. The highest BCUT2D eigenvalue weighted by Gasteiger charge is 2.12. The molecule has 4 heteroatoms. The first-order chi connectivity index (χ1) is 17.5. The Kier molecular flexibility index (Phi) is 8.20. The van der Waals surface area contributed by atoms with Crippen LogP contribution in [0.5, 0.6) is 5.75 Å². The Morgan fingerprint density at radius 2 is 1.14 bits per heavy atom. The summed E-state index contributed by atoms with van der Waals surface area (Å²) in [7, 11) is 0. The second-order valence-electron chi connectivity index (χ2n) is 8.65. The quantitative estimate of drug-likeness (QED) is 0.132. The van der Waals surface area contributed by atoms with Crippen LogP contribution in [0.25, 0.3) is 11.1 Å². The Morgan fingerprint density at radius 1 is 0.694 bits per heavy atom. The molecule has 4 nitrogen and oxygen atoms in total. The summed E-state index contributed by atoms with van der Waals surface area (Å²) >= 11 is 0. The van der Waals surface area contributed by atoms with Gasteiger partial charge in [-0.1, -0.05) is 66.2 Å². The van der Waals surface area contributed by atoms with Crippen molar-refractivity contribution in [1.29, 1.82) is 0 Å². The van der Waals surface area contributed by atoms with Crippen molar-refractivity contribution < 1.29 is 14.3 Å². The summed E-state index contributed by atoms with van der Waals surface area (Å²) in [6, 6.07) is 33.8. The van der Waals surface area contributed by atoms with E-state index in [1.54, 1.807) is 0 Å². The van der Waals surface area contributed by atoms with Crippen LogP contribution in [0.4, 0.5) is 17.1 Å². The Balaban J connectivity index is 1.46. The molecule has 0 unspecified atom stereocenters. The number of esters is 1. The molecule has 182 valence electrons. The maximum atomic E-state index is 11.1. The zero-order chi connectivity index (χ0) is 25.3. The van der Waals surface area contributed by atoms with Gasteiger partial charge < -0.3 is 14.4 Å². The lowest BCUT2D eigenvalue weighted by atomic mass is 10.0. The van der Waals surface area contributed by atoms with Gasteiger partial charge in [0.15, 0.2) is 0 Å². The van der Waals surface area contributed by atoms with Crippen LogP contribution < -0.4 is 9.64 Å². The number of benzene rings is 4. The van der Waals surface area contributed by atoms with Crippen LogP contribution in [0.15, 0.2) is 110 Å². The molecule has 0 aliphatic rings. The molecule has 36 heavy (non-hydrogen) atoms. The van der Waals surface area contributed by atoms with Crippen molar-refractivity contribution in [1.82, 2.24) is 0 Å². The number of carbonyl (C=O) groups is 1. The SMILES string of the molecule is C=CC(=O)OCCCOc1ccc(-c2ccc(N(c3ccc(C)cc3)c3ccc(C)cc3)cc2)cc1. The summed E-state index contributed by atoms with van der Waals surface area (Å²) in [5, 5.41) is 0. The van der Waals surface area contributed by atoms with Gasteiger partial charge in [-0.05, 0) is 73.5 Å². The molecule has 0 aliphatic carbocycles. The molecule has 0 aliphatic heterocycles. The van der Waals surface area contributed by atoms with E-state index in [-0.39, 0.29) is 0 Å². The fraction of sp³-hybridized carbons (Fsp3) is 0.156. The van der Waals surface area contributed by atoms with Crippen LogP contribution in [0.2, 0.25) is 0 Å². The zero-order valence-electron chi connectivity index (χ0n) is 20.8. The summed E-state index contributed by atoms with van der Waals surface area (Å²) in [5.41, 5.74) is 8.07. The van der Waals surface area contributed by atoms with E-state index in [0.29, 0.717) is 19.6 Å². The minimum atomic E-state index is -0.411. The lowest BCUT2D eigenvalue weighted by Gasteiger charge is -2.26. The maximum absolute atomic E-state index is 11.1. The highest BCUT2D eigenvalue weighted by atomic mass is 16.5. The van der Waals surface area contributed by atoms with Crippen molar-refractivity contribution in [2.75, 3.05) is 18.1 Å². The lowest BCUT2D eigenvalue weighted by Crippen LogP contribution is -2.09. The van der Waals surface area contributed by atoms with E-state index >= 15 is 0 Å². The van der Waals surface area contributed by atoms with Crippen LogP contribution in [-0.4, -0.2) is 19.2 Å². The van der Waals surface area contributed by atoms with Gasteiger partial charge in [0.2, 0.25) is 0 Å². The first kappa shape index (κ1) is 24.8. The molecule has 0 aromatic heterocycles. The summed E-state index contributed by atoms with van der Waals surface area (Å²) in [5.74, 6) is 0.376. The van der Waals surface area contributed by atoms with E-state index in [0.717, 1.165) is 40.0 Å². The van der Waals surface area contributed by atoms with Gasteiger partial charge in [-0.3, -0.25) is 0 Å². The third-order valence-corrected chi connectivity index (χ3v) is 5.87. The number of nitrogens with zero attached hydrogens (tertiary/aromatic N) is 1. The van der Waals surface area contributed by atoms with Crippen molar-refractivity contribution in [2.24, 2.45) is 0 Å². The molecule has 0 saturated heterocycles. The highest BCUT2D eigenvalue weighted by Crippen LogP contribution is 2.36. The molecule has 4 aromatic rings. The molecule has 0 bridgehead atoms. The molecule has 0 amide bonds. The van der Waals surface area contributed by atoms with Crippen LogP contribution in [-0.2, 0) is 9.53 Å². The first-order valence-corrected chi connectivity index (χ1v) is 12.1. The Bertz CT molecular complexity index is 1230. The molecule has 0 fully saturated rings. The van der Waals surface area contributed by atoms with E-state index in [9.17, 15) is 4.79 Å². The predicted molar refractivity (Wildman–Crippen MR) is 147 cm³/mol. The molecule has 0 heterocycles.